The molecule has 0 aromatic heterocycles. The van der Waals surface area contributed by atoms with Gasteiger partial charge < -0.3 is 9.84 Å². The van der Waals surface area contributed by atoms with Crippen molar-refractivity contribution in [1.29, 1.82) is 0 Å². The Bertz CT molecular complexity index is 1330. The van der Waals surface area contributed by atoms with Crippen LogP contribution in [0.25, 0.3) is 11.1 Å². The third kappa shape index (κ3) is 6.40. The topological polar surface area (TPSA) is 83.9 Å². The third-order valence-corrected chi connectivity index (χ3v) is 9.18. The standard InChI is InChI=1S/C30H35NO5S/c1-22-8-6-7-11-27(22)29-20-24(12-17-28(29)30(32)33)21-31(19-18-23-9-4-3-5-10-23)37(34,35)26-15-13-25(36-2)14-16-26/h6-8,11-17,20,23H,3-5,9-10,18-19,21H2,1-2H3,(H,32,33). The van der Waals surface area contributed by atoms with Gasteiger partial charge in [0.15, 0.2) is 0 Å². The number of nitrogens with zero attached hydrogens (tertiary/aromatic N) is 1. The summed E-state index contributed by atoms with van der Waals surface area (Å²) < 4.78 is 34.3. The number of carbonyl (C=O) groups is 1. The molecule has 3 aromatic rings. The fourth-order valence-electron chi connectivity index (χ4n) is 5.16. The van der Waals surface area contributed by atoms with Crippen LogP contribution in [0.3, 0.4) is 0 Å². The highest BCUT2D eigenvalue weighted by Crippen LogP contribution is 2.31. The van der Waals surface area contributed by atoms with Crippen LogP contribution in [0.5, 0.6) is 5.75 Å². The molecule has 0 aliphatic heterocycles. The first-order valence-corrected chi connectivity index (χ1v) is 14.3. The van der Waals surface area contributed by atoms with Crippen LogP contribution in [0.1, 0.15) is 60.0 Å². The monoisotopic (exact) mass is 521 g/mol. The molecule has 1 aliphatic carbocycles. The number of carboxylic acids is 1. The Hall–Kier alpha value is -3.16. The van der Waals surface area contributed by atoms with Gasteiger partial charge in [0.05, 0.1) is 17.6 Å². The predicted octanol–water partition coefficient (Wildman–Crippen LogP) is 6.53. The van der Waals surface area contributed by atoms with Gasteiger partial charge in [-0.3, -0.25) is 0 Å². The summed E-state index contributed by atoms with van der Waals surface area (Å²) in [6, 6.07) is 19.2. The highest BCUT2D eigenvalue weighted by atomic mass is 32.2. The molecule has 7 heteroatoms. The maximum atomic E-state index is 13.8. The fourth-order valence-corrected chi connectivity index (χ4v) is 6.60. The van der Waals surface area contributed by atoms with Crippen molar-refractivity contribution in [3.05, 3.63) is 83.4 Å². The van der Waals surface area contributed by atoms with Crippen LogP contribution in [0, 0.1) is 12.8 Å². The summed E-state index contributed by atoms with van der Waals surface area (Å²) in [5.74, 6) is 0.115. The van der Waals surface area contributed by atoms with E-state index in [1.807, 2.05) is 37.3 Å². The van der Waals surface area contributed by atoms with Crippen LogP contribution in [-0.4, -0.2) is 37.5 Å². The smallest absolute Gasteiger partial charge is 0.336 e. The molecule has 0 atom stereocenters. The first-order valence-electron chi connectivity index (χ1n) is 12.9. The van der Waals surface area contributed by atoms with Crippen molar-refractivity contribution in [2.75, 3.05) is 13.7 Å². The molecule has 1 fully saturated rings. The number of methoxy groups -OCH3 is 1. The van der Waals surface area contributed by atoms with E-state index in [9.17, 15) is 18.3 Å². The zero-order chi connectivity index (χ0) is 26.4. The minimum atomic E-state index is -3.78. The molecule has 1 aliphatic rings. The molecule has 3 aromatic carbocycles. The normalized spacial score (nSPS) is 14.6. The van der Waals surface area contributed by atoms with Gasteiger partial charge in [-0.1, -0.05) is 62.4 Å². The zero-order valence-electron chi connectivity index (χ0n) is 21.5. The first kappa shape index (κ1) is 26.9. The lowest BCUT2D eigenvalue weighted by Gasteiger charge is -2.27. The molecule has 0 heterocycles. The van der Waals surface area contributed by atoms with E-state index >= 15 is 0 Å². The second kappa shape index (κ2) is 11.9. The molecular weight excluding hydrogens is 486 g/mol. The SMILES string of the molecule is COc1ccc(S(=O)(=O)N(CCC2CCCCC2)Cc2ccc(C(=O)O)c(-c3ccccc3C)c2)cc1. The van der Waals surface area contributed by atoms with Crippen LogP contribution >= 0.6 is 0 Å². The molecular formula is C30H35NO5S. The maximum absolute atomic E-state index is 13.8. The van der Waals surface area contributed by atoms with Crippen LogP contribution in [0.15, 0.2) is 71.6 Å². The van der Waals surface area contributed by atoms with Gasteiger partial charge in [-0.15, -0.1) is 0 Å². The van der Waals surface area contributed by atoms with Crippen molar-refractivity contribution in [1.82, 2.24) is 4.31 Å². The Kier molecular flexibility index (Phi) is 8.67. The largest absolute Gasteiger partial charge is 0.497 e. The Balaban J connectivity index is 1.69. The van der Waals surface area contributed by atoms with Crippen molar-refractivity contribution >= 4 is 16.0 Å². The molecule has 0 spiro atoms. The lowest BCUT2D eigenvalue weighted by Crippen LogP contribution is -2.33. The van der Waals surface area contributed by atoms with Crippen LogP contribution < -0.4 is 4.74 Å². The molecule has 0 radical (unpaired) electrons. The van der Waals surface area contributed by atoms with Gasteiger partial charge in [0.25, 0.3) is 0 Å². The number of ether oxygens (including phenoxy) is 1. The van der Waals surface area contributed by atoms with E-state index in [0.717, 1.165) is 36.0 Å². The lowest BCUT2D eigenvalue weighted by atomic mass is 9.87. The van der Waals surface area contributed by atoms with E-state index in [1.54, 1.807) is 47.8 Å². The van der Waals surface area contributed by atoms with Gasteiger partial charge in [0, 0.05) is 13.1 Å². The molecule has 0 bridgehead atoms. The number of benzene rings is 3. The van der Waals surface area contributed by atoms with E-state index in [0.29, 0.717) is 23.8 Å². The van der Waals surface area contributed by atoms with Gasteiger partial charge in [-0.25, -0.2) is 13.2 Å². The second-order valence-corrected chi connectivity index (χ2v) is 11.7. The summed E-state index contributed by atoms with van der Waals surface area (Å²) >= 11 is 0. The van der Waals surface area contributed by atoms with Crippen molar-refractivity contribution in [3.63, 3.8) is 0 Å². The predicted molar refractivity (Wildman–Crippen MR) is 145 cm³/mol. The number of aromatic carboxylic acids is 1. The average molecular weight is 522 g/mol. The van der Waals surface area contributed by atoms with Crippen molar-refractivity contribution in [2.45, 2.75) is 56.9 Å². The van der Waals surface area contributed by atoms with Gasteiger partial charge >= 0.3 is 5.97 Å². The van der Waals surface area contributed by atoms with Crippen LogP contribution in [0.4, 0.5) is 0 Å². The van der Waals surface area contributed by atoms with Crippen LogP contribution in [-0.2, 0) is 16.6 Å². The molecule has 0 unspecified atom stereocenters. The highest BCUT2D eigenvalue weighted by molar-refractivity contribution is 7.89. The summed E-state index contributed by atoms with van der Waals surface area (Å²) in [5.41, 5.74) is 3.33. The molecule has 196 valence electrons. The molecule has 37 heavy (non-hydrogen) atoms. The van der Waals surface area contributed by atoms with Gasteiger partial charge in [0.1, 0.15) is 5.75 Å². The number of carboxylic acid groups (broad SMARTS) is 1. The van der Waals surface area contributed by atoms with Gasteiger partial charge in [-0.2, -0.15) is 4.31 Å². The quantitative estimate of drug-likeness (QED) is 0.328. The van der Waals surface area contributed by atoms with Crippen molar-refractivity contribution < 1.29 is 23.1 Å². The zero-order valence-corrected chi connectivity index (χ0v) is 22.3. The minimum absolute atomic E-state index is 0.167. The number of aryl methyl sites for hydroxylation is 1. The number of hydrogen-bond acceptors (Lipinski definition) is 4. The summed E-state index contributed by atoms with van der Waals surface area (Å²) in [6.07, 6.45) is 6.75. The first-order chi connectivity index (χ1) is 17.8. The average Bonchev–Trinajstić information content (AvgIpc) is 2.91. The fraction of sp³-hybridized carbons (Fsp3) is 0.367. The van der Waals surface area contributed by atoms with Gasteiger partial charge in [0.2, 0.25) is 10.0 Å². The van der Waals surface area contributed by atoms with Crippen LogP contribution in [0.2, 0.25) is 0 Å². The molecule has 1 N–H and O–H groups in total. The van der Waals surface area contributed by atoms with E-state index < -0.39 is 16.0 Å². The molecule has 0 amide bonds. The van der Waals surface area contributed by atoms with Crippen molar-refractivity contribution in [3.8, 4) is 16.9 Å². The lowest BCUT2D eigenvalue weighted by molar-refractivity contribution is 0.0697. The minimum Gasteiger partial charge on any atom is -0.497 e. The third-order valence-electron chi connectivity index (χ3n) is 7.32. The molecule has 0 saturated heterocycles. The van der Waals surface area contributed by atoms with Crippen molar-refractivity contribution in [2.24, 2.45) is 5.92 Å². The number of hydrogen-bond donors (Lipinski definition) is 1. The highest BCUT2D eigenvalue weighted by Gasteiger charge is 2.27. The number of sulfonamides is 1. The number of rotatable bonds is 10. The Morgan fingerprint density at radius 2 is 1.68 bits per heavy atom. The van der Waals surface area contributed by atoms with E-state index in [1.165, 1.54) is 19.3 Å². The maximum Gasteiger partial charge on any atom is 0.336 e. The Morgan fingerprint density at radius 3 is 2.32 bits per heavy atom. The van der Waals surface area contributed by atoms with E-state index in [2.05, 4.69) is 0 Å². The summed E-state index contributed by atoms with van der Waals surface area (Å²) in [4.78, 5) is 12.2. The molecule has 6 nitrogen and oxygen atoms in total. The molecule has 4 rings (SSSR count). The Morgan fingerprint density at radius 1 is 0.973 bits per heavy atom. The summed E-state index contributed by atoms with van der Waals surface area (Å²) in [5, 5.41) is 9.82. The Labute approximate surface area is 220 Å². The van der Waals surface area contributed by atoms with E-state index in [-0.39, 0.29) is 17.0 Å². The summed E-state index contributed by atoms with van der Waals surface area (Å²) in [7, 11) is -2.23. The molecule has 1 saturated carbocycles. The summed E-state index contributed by atoms with van der Waals surface area (Å²) in [6.45, 7) is 2.53. The second-order valence-electron chi connectivity index (χ2n) is 9.81. The van der Waals surface area contributed by atoms with E-state index in [4.69, 9.17) is 4.74 Å². The van der Waals surface area contributed by atoms with Gasteiger partial charge in [-0.05, 0) is 77.9 Å².